The van der Waals surface area contributed by atoms with Gasteiger partial charge in [0.2, 0.25) is 6.69 Å². The van der Waals surface area contributed by atoms with Crippen molar-refractivity contribution in [2.45, 2.75) is 27.1 Å². The summed E-state index contributed by atoms with van der Waals surface area (Å²) in [5, 5.41) is 0. The van der Waals surface area contributed by atoms with Gasteiger partial charge in [0.05, 0.1) is 0 Å². The molecular weight excluding hydrogens is 345 g/mol. The molecule has 0 spiro atoms. The van der Waals surface area contributed by atoms with Gasteiger partial charge in [-0.05, 0) is 19.6 Å². The van der Waals surface area contributed by atoms with Crippen molar-refractivity contribution in [2.24, 2.45) is 0 Å². The number of halogens is 6. The van der Waals surface area contributed by atoms with Crippen LogP contribution >= 0.6 is 55.4 Å². The van der Waals surface area contributed by atoms with Crippen LogP contribution in [0.15, 0.2) is 0 Å². The van der Waals surface area contributed by atoms with Crippen molar-refractivity contribution in [3.05, 3.63) is 0 Å². The van der Waals surface area contributed by atoms with Gasteiger partial charge < -0.3 is 16.7 Å². The smallest absolute Gasteiger partial charge is 1.00 e. The Bertz CT molecular complexity index is 85.5. The summed E-state index contributed by atoms with van der Waals surface area (Å²) in [6.07, 6.45) is 0. The number of hydrogen-bond acceptors (Lipinski definition) is 0. The van der Waals surface area contributed by atoms with E-state index < -0.39 is 12.7 Å². The summed E-state index contributed by atoms with van der Waals surface area (Å²) in [4.78, 5) is 0. The van der Waals surface area contributed by atoms with Gasteiger partial charge in [0.15, 0.2) is 0 Å². The Kier molecular flexibility index (Phi) is 76.6. The van der Waals surface area contributed by atoms with Gasteiger partial charge in [0.25, 0.3) is 0 Å². The Morgan fingerprint density at radius 2 is 0.688 bits per heavy atom. The number of rotatable bonds is 0. The van der Waals surface area contributed by atoms with Crippen LogP contribution in [-0.2, 0) is 0 Å². The molecule has 0 nitrogen and oxygen atoms in total. The molecule has 0 unspecified atom stereocenters. The molecular formula is C4H16Cl6Li4Si2. The molecule has 0 N–H and O–H groups in total. The van der Waals surface area contributed by atoms with E-state index in [4.69, 9.17) is 55.4 Å². The molecule has 12 heteroatoms. The molecule has 86 valence electrons. The van der Waals surface area contributed by atoms with Crippen LogP contribution < -0.4 is 87.8 Å². The van der Waals surface area contributed by atoms with Gasteiger partial charge in [-0.3, -0.25) is 0 Å². The molecule has 0 fully saturated rings. The van der Waals surface area contributed by atoms with E-state index in [2.05, 4.69) is 0 Å². The Balaban J connectivity index is -0.00000000508. The maximum absolute atomic E-state index is 5.43. The molecule has 0 amide bonds. The summed E-state index contributed by atoms with van der Waals surface area (Å²) in [7, 11) is 0. The van der Waals surface area contributed by atoms with E-state index in [-0.39, 0.29) is 99.6 Å². The van der Waals surface area contributed by atoms with E-state index in [0.29, 0.717) is 0 Å². The molecule has 0 saturated carbocycles. The average Bonchev–Trinajstić information content (AvgIpc) is 1.12. The van der Waals surface area contributed by atoms with Crippen LogP contribution in [0.25, 0.3) is 0 Å². The van der Waals surface area contributed by atoms with Crippen LogP contribution in [0.4, 0.5) is 0 Å². The molecule has 0 saturated heterocycles. The summed E-state index contributed by atoms with van der Waals surface area (Å²) < 4.78 is 0. The van der Waals surface area contributed by atoms with Crippen molar-refractivity contribution in [3.63, 3.8) is 0 Å². The van der Waals surface area contributed by atoms with Gasteiger partial charge in [0.1, 0.15) is 0 Å². The zero-order valence-electron chi connectivity index (χ0n) is 13.3. The van der Waals surface area contributed by atoms with E-state index >= 15 is 0 Å². The zero-order valence-corrected chi connectivity index (χ0v) is 16.8. The first-order chi connectivity index (χ1) is 4.00. The third-order valence-electron chi connectivity index (χ3n) is 0. The average molecular weight is 361 g/mol. The van der Waals surface area contributed by atoms with Gasteiger partial charge in [-0.25, -0.2) is 0 Å². The molecule has 0 aliphatic rings. The monoisotopic (exact) mass is 358 g/mol. The van der Waals surface area contributed by atoms with Crippen molar-refractivity contribution < 1.29 is 92.1 Å². The molecule has 0 radical (unpaired) electrons. The van der Waals surface area contributed by atoms with Crippen LogP contribution in [0, 0.1) is 0 Å². The molecule has 0 heterocycles. The molecule has 0 aliphatic heterocycles. The molecule has 0 aromatic carbocycles. The normalized spacial score (nSPS) is 7.50. The molecule has 0 aliphatic carbocycles. The fourth-order valence-corrected chi connectivity index (χ4v) is 0. The largest absolute Gasteiger partial charge is 1.00 e. The first-order valence-electron chi connectivity index (χ1n) is 2.44. The minimum absolute atomic E-state index is 0. The standard InChI is InChI=1S/C2H6Cl2Si.CH3Cl3Si.CH4.ClH.4Li.3H/c2*1-5(2,3)4;;;;;;;;;/h1-2H3;1H3;1H4;1H;;;;;;;/q;;;;4*+1;3*-1/p-1. The van der Waals surface area contributed by atoms with Crippen molar-refractivity contribution >= 4 is 68.1 Å². The summed E-state index contributed by atoms with van der Waals surface area (Å²) >= 11 is 26.5. The van der Waals surface area contributed by atoms with E-state index in [1.807, 2.05) is 13.1 Å². The number of hydrogen-bond donors (Lipinski definition) is 0. The quantitative estimate of drug-likeness (QED) is 0.297. The van der Waals surface area contributed by atoms with E-state index in [9.17, 15) is 0 Å². The molecule has 0 bridgehead atoms. The SMILES string of the molecule is C.C[Si](C)(Cl)Cl.C[Si](Cl)(Cl)Cl.[Cl-].[H-].[H-].[H-].[Li+].[Li+].[Li+].[Li+]. The van der Waals surface area contributed by atoms with E-state index in [1.54, 1.807) is 6.55 Å². The Morgan fingerprint density at radius 3 is 0.688 bits per heavy atom. The van der Waals surface area contributed by atoms with Crippen LogP contribution in [0.3, 0.4) is 0 Å². The predicted molar refractivity (Wildman–Crippen MR) is 68.4 cm³/mol. The molecule has 16 heavy (non-hydrogen) atoms. The minimum Gasteiger partial charge on any atom is -1.00 e. The third-order valence-corrected chi connectivity index (χ3v) is 0. The fourth-order valence-electron chi connectivity index (χ4n) is 0. The van der Waals surface area contributed by atoms with Gasteiger partial charge in [0, 0.05) is 0 Å². The summed E-state index contributed by atoms with van der Waals surface area (Å²) in [6, 6.07) is -2.19. The van der Waals surface area contributed by atoms with E-state index in [0.717, 1.165) is 0 Å². The molecule has 0 aromatic heterocycles. The second-order valence-corrected chi connectivity index (χ2v) is 21.1. The maximum atomic E-state index is 5.43. The molecule has 0 rings (SSSR count). The van der Waals surface area contributed by atoms with Crippen LogP contribution in [0.2, 0.25) is 19.6 Å². The maximum Gasteiger partial charge on any atom is 1.00 e. The van der Waals surface area contributed by atoms with Crippen LogP contribution in [0.5, 0.6) is 0 Å². The third kappa shape index (κ3) is 275. The first kappa shape index (κ1) is 49.9. The fraction of sp³-hybridized carbons (Fsp3) is 1.00. The van der Waals surface area contributed by atoms with Gasteiger partial charge in [-0.15, -0.1) is 55.4 Å². The van der Waals surface area contributed by atoms with Crippen LogP contribution in [-0.4, -0.2) is 12.7 Å². The van der Waals surface area contributed by atoms with Crippen molar-refractivity contribution in [3.8, 4) is 0 Å². The summed E-state index contributed by atoms with van der Waals surface area (Å²) in [5.74, 6) is 0. The first-order valence-corrected chi connectivity index (χ1v) is 13.0. The Labute approximate surface area is 184 Å². The zero-order chi connectivity index (χ0) is 9.00. The van der Waals surface area contributed by atoms with Crippen molar-refractivity contribution in [1.29, 1.82) is 0 Å². The Morgan fingerprint density at radius 1 is 0.688 bits per heavy atom. The molecule has 0 atom stereocenters. The molecule has 0 aromatic rings. The minimum atomic E-state index is -2.19. The van der Waals surface area contributed by atoms with Crippen molar-refractivity contribution in [1.82, 2.24) is 0 Å². The topological polar surface area (TPSA) is 0 Å². The Hall–Kier alpha value is 4.56. The van der Waals surface area contributed by atoms with Crippen molar-refractivity contribution in [2.75, 3.05) is 0 Å². The van der Waals surface area contributed by atoms with Gasteiger partial charge in [-0.2, -0.15) is 0 Å². The predicted octanol–water partition coefficient (Wildman–Crippen LogP) is -9.57. The second kappa shape index (κ2) is 24.6. The van der Waals surface area contributed by atoms with Gasteiger partial charge >= 0.3 is 81.4 Å². The second-order valence-electron chi connectivity index (χ2n) is 2.11. The van der Waals surface area contributed by atoms with E-state index in [1.165, 1.54) is 0 Å². The van der Waals surface area contributed by atoms with Crippen LogP contribution in [0.1, 0.15) is 11.7 Å². The van der Waals surface area contributed by atoms with Gasteiger partial charge in [-0.1, -0.05) is 7.43 Å². The summed E-state index contributed by atoms with van der Waals surface area (Å²) in [5.41, 5.74) is 0. The summed E-state index contributed by atoms with van der Waals surface area (Å²) in [6.45, 7) is 3.67.